The first-order chi connectivity index (χ1) is 19.1. The summed E-state index contributed by atoms with van der Waals surface area (Å²) in [5, 5.41) is 5.19. The van der Waals surface area contributed by atoms with E-state index in [1.54, 1.807) is 0 Å². The van der Waals surface area contributed by atoms with Crippen LogP contribution in [0.25, 0.3) is 0 Å². The van der Waals surface area contributed by atoms with E-state index in [-0.39, 0.29) is 41.3 Å². The average Bonchev–Trinajstić information content (AvgIpc) is 2.89. The molecule has 41 heavy (non-hydrogen) atoms. The number of rotatable bonds is 9. The highest BCUT2D eigenvalue weighted by Crippen LogP contribution is 2.61. The zero-order valence-corrected chi connectivity index (χ0v) is 23.2. The lowest BCUT2D eigenvalue weighted by Crippen LogP contribution is -2.56. The lowest BCUT2D eigenvalue weighted by atomic mass is 9.48. The first-order valence-corrected chi connectivity index (χ1v) is 15.7. The summed E-state index contributed by atoms with van der Waals surface area (Å²) in [5.41, 5.74) is -1.79. The highest BCUT2D eigenvalue weighted by atomic mass is 32.2. The van der Waals surface area contributed by atoms with Crippen LogP contribution in [0.3, 0.4) is 0 Å². The van der Waals surface area contributed by atoms with Crippen LogP contribution in [0, 0.1) is 46.3 Å². The molecule has 0 aromatic heterocycles. The first-order valence-electron chi connectivity index (χ1n) is 14.2. The Morgan fingerprint density at radius 3 is 1.80 bits per heavy atom. The number of carbonyl (C=O) groups excluding carboxylic acids is 4. The highest BCUT2D eigenvalue weighted by molar-refractivity contribution is 7.87. The zero-order chi connectivity index (χ0) is 29.5. The topological polar surface area (TPSA) is 171 Å². The summed E-state index contributed by atoms with van der Waals surface area (Å²) < 4.78 is 74.4. The Kier molecular flexibility index (Phi) is 6.81. The van der Waals surface area contributed by atoms with Gasteiger partial charge in [-0.1, -0.05) is 0 Å². The van der Waals surface area contributed by atoms with Crippen molar-refractivity contribution in [2.45, 2.75) is 81.7 Å². The largest absolute Gasteiger partial charge is 0.465 e. The first kappa shape index (κ1) is 28.9. The Bertz CT molecular complexity index is 1230. The van der Waals surface area contributed by atoms with Gasteiger partial charge < -0.3 is 19.3 Å². The van der Waals surface area contributed by atoms with Crippen LogP contribution < -0.4 is 0 Å². The number of esters is 3. The van der Waals surface area contributed by atoms with E-state index in [0.29, 0.717) is 51.4 Å². The Morgan fingerprint density at radius 2 is 1.32 bits per heavy atom. The number of aliphatic hydroxyl groups excluding tert-OH is 1. The Hall–Kier alpha value is -2.19. The molecule has 8 bridgehead atoms. The number of hydrogen-bond donors (Lipinski definition) is 2. The van der Waals surface area contributed by atoms with E-state index in [0.717, 1.165) is 12.8 Å². The maximum absolute atomic E-state index is 14.0. The van der Waals surface area contributed by atoms with E-state index >= 15 is 0 Å². The van der Waals surface area contributed by atoms with Gasteiger partial charge in [-0.25, -0.2) is 4.79 Å². The number of carbonyl (C=O) groups is 4. The standard InChI is InChI=1S/C27H34F2O11S/c28-27(29,41(35,36)37)24(34)40-19(11-38-22(32)25-5-13-1-15(7-25)20(30)16(2-13)8-25)12-39-23(33)26-6-14-3-17(9-26)21(31)18(4-14)10-26/h13-20,30H,1-12H2,(H,35,36,37). The molecule has 0 aliphatic heterocycles. The van der Waals surface area contributed by atoms with Crippen molar-refractivity contribution in [1.29, 1.82) is 0 Å². The van der Waals surface area contributed by atoms with E-state index in [4.69, 9.17) is 14.0 Å². The molecule has 11 nitrogen and oxygen atoms in total. The second-order valence-electron chi connectivity index (χ2n) is 13.5. The number of Topliss-reactive ketones (excluding diaryl/α,β-unsaturated/α-hetero) is 1. The maximum Gasteiger partial charge on any atom is 0.465 e. The molecule has 0 amide bonds. The molecule has 0 spiro atoms. The van der Waals surface area contributed by atoms with Crippen molar-refractivity contribution < 1.29 is 60.2 Å². The molecule has 5 atom stereocenters. The van der Waals surface area contributed by atoms with Gasteiger partial charge in [-0.05, 0) is 87.9 Å². The minimum Gasteiger partial charge on any atom is -0.461 e. The fourth-order valence-electron chi connectivity index (χ4n) is 9.33. The molecule has 0 aromatic rings. The van der Waals surface area contributed by atoms with Crippen molar-refractivity contribution in [3.63, 3.8) is 0 Å². The van der Waals surface area contributed by atoms with Crippen molar-refractivity contribution in [3.05, 3.63) is 0 Å². The number of ketones is 1. The molecule has 0 saturated heterocycles. The van der Waals surface area contributed by atoms with Crippen molar-refractivity contribution in [3.8, 4) is 0 Å². The molecular formula is C27H34F2O11S. The normalized spacial score (nSPS) is 41.3. The molecule has 5 unspecified atom stereocenters. The summed E-state index contributed by atoms with van der Waals surface area (Å²) >= 11 is 0. The van der Waals surface area contributed by atoms with E-state index in [1.165, 1.54) is 0 Å². The lowest BCUT2D eigenvalue weighted by molar-refractivity contribution is -0.195. The number of hydrogen-bond acceptors (Lipinski definition) is 10. The molecule has 8 fully saturated rings. The van der Waals surface area contributed by atoms with Gasteiger partial charge in [-0.15, -0.1) is 0 Å². The maximum atomic E-state index is 14.0. The van der Waals surface area contributed by atoms with Crippen molar-refractivity contribution in [2.75, 3.05) is 13.2 Å². The van der Waals surface area contributed by atoms with E-state index < -0.39 is 69.5 Å². The quantitative estimate of drug-likeness (QED) is 0.224. The van der Waals surface area contributed by atoms with E-state index in [1.807, 2.05) is 0 Å². The van der Waals surface area contributed by atoms with Gasteiger partial charge in [0, 0.05) is 11.8 Å². The molecule has 8 aliphatic rings. The molecule has 0 aromatic carbocycles. The summed E-state index contributed by atoms with van der Waals surface area (Å²) in [6.07, 6.45) is 3.29. The summed E-state index contributed by atoms with van der Waals surface area (Å²) in [5.74, 6) is -3.91. The molecule has 8 aliphatic carbocycles. The highest BCUT2D eigenvalue weighted by Gasteiger charge is 2.61. The van der Waals surface area contributed by atoms with Gasteiger partial charge in [-0.2, -0.15) is 17.2 Å². The molecule has 14 heteroatoms. The molecule has 2 N–H and O–H groups in total. The number of ether oxygens (including phenoxy) is 3. The van der Waals surface area contributed by atoms with Crippen molar-refractivity contribution in [2.24, 2.45) is 46.3 Å². The number of halogens is 2. The minimum absolute atomic E-state index is 0.0519. The second-order valence-corrected chi connectivity index (χ2v) is 14.9. The zero-order valence-electron chi connectivity index (χ0n) is 22.3. The molecule has 8 saturated carbocycles. The van der Waals surface area contributed by atoms with Gasteiger partial charge in [0.05, 0.1) is 16.9 Å². The van der Waals surface area contributed by atoms with Crippen LogP contribution in [-0.4, -0.2) is 72.4 Å². The summed E-state index contributed by atoms with van der Waals surface area (Å²) in [4.78, 5) is 51.1. The predicted octanol–water partition coefficient (Wildman–Crippen LogP) is 2.05. The molecular weight excluding hydrogens is 570 g/mol. The second kappa shape index (κ2) is 9.66. The van der Waals surface area contributed by atoms with Gasteiger partial charge >= 0.3 is 33.3 Å². The summed E-state index contributed by atoms with van der Waals surface area (Å²) in [6.45, 7) is -1.59. The molecule has 228 valence electrons. The summed E-state index contributed by atoms with van der Waals surface area (Å²) in [6, 6.07) is 0. The van der Waals surface area contributed by atoms with E-state index in [9.17, 15) is 41.5 Å². The monoisotopic (exact) mass is 604 g/mol. The van der Waals surface area contributed by atoms with Crippen LogP contribution in [0.15, 0.2) is 0 Å². The lowest BCUT2D eigenvalue weighted by Gasteiger charge is -2.57. The van der Waals surface area contributed by atoms with Gasteiger partial charge in [0.15, 0.2) is 6.10 Å². The summed E-state index contributed by atoms with van der Waals surface area (Å²) in [7, 11) is -6.16. The Labute approximate surface area is 235 Å². The van der Waals surface area contributed by atoms with Crippen LogP contribution in [0.5, 0.6) is 0 Å². The van der Waals surface area contributed by atoms with Crippen LogP contribution >= 0.6 is 0 Å². The fourth-order valence-corrected chi connectivity index (χ4v) is 9.59. The van der Waals surface area contributed by atoms with Gasteiger partial charge in [-0.3, -0.25) is 18.9 Å². The number of aliphatic hydroxyl groups is 1. The molecule has 0 radical (unpaired) electrons. The Morgan fingerprint density at radius 1 is 0.854 bits per heavy atom. The molecule has 0 heterocycles. The van der Waals surface area contributed by atoms with Crippen LogP contribution in [0.2, 0.25) is 0 Å². The Balaban J connectivity index is 1.14. The SMILES string of the molecule is O=C1C2CC3CC1CC(C(=O)OCC(COC(=O)C14CC5CC(C1)C(O)C(C5)C4)OC(=O)C(F)(F)S(=O)(=O)O)(C3)C2. The van der Waals surface area contributed by atoms with E-state index in [2.05, 4.69) is 4.74 Å². The average molecular weight is 605 g/mol. The number of alkyl halides is 2. The van der Waals surface area contributed by atoms with Crippen molar-refractivity contribution in [1.82, 2.24) is 0 Å². The third kappa shape index (κ3) is 4.77. The van der Waals surface area contributed by atoms with Crippen LogP contribution in [-0.2, 0) is 43.5 Å². The van der Waals surface area contributed by atoms with Crippen molar-refractivity contribution >= 4 is 33.8 Å². The minimum atomic E-state index is -6.16. The third-order valence-electron chi connectivity index (χ3n) is 10.7. The van der Waals surface area contributed by atoms with Gasteiger partial charge in [0.1, 0.15) is 19.0 Å². The molecule has 8 rings (SSSR count). The predicted molar refractivity (Wildman–Crippen MR) is 131 cm³/mol. The van der Waals surface area contributed by atoms with Gasteiger partial charge in [0.2, 0.25) is 0 Å². The fraction of sp³-hybridized carbons (Fsp3) is 0.852. The smallest absolute Gasteiger partial charge is 0.461 e. The third-order valence-corrected chi connectivity index (χ3v) is 11.5. The van der Waals surface area contributed by atoms with Crippen LogP contribution in [0.4, 0.5) is 8.78 Å². The van der Waals surface area contributed by atoms with Gasteiger partial charge in [0.25, 0.3) is 0 Å². The van der Waals surface area contributed by atoms with Crippen LogP contribution in [0.1, 0.15) is 64.2 Å².